The van der Waals surface area contributed by atoms with Gasteiger partial charge in [0.1, 0.15) is 5.82 Å². The maximum absolute atomic E-state index is 13.7. The highest BCUT2D eigenvalue weighted by molar-refractivity contribution is 9.10. The van der Waals surface area contributed by atoms with Gasteiger partial charge in [-0.2, -0.15) is 0 Å². The van der Waals surface area contributed by atoms with Crippen molar-refractivity contribution in [1.29, 1.82) is 0 Å². The van der Waals surface area contributed by atoms with E-state index in [0.29, 0.717) is 18.8 Å². The van der Waals surface area contributed by atoms with Crippen molar-refractivity contribution in [3.05, 3.63) is 34.1 Å². The standard InChI is InChI=1S/C12H17BrFNO/c1-3-15-12(8-16-4-2)10-6-5-9(13)7-11(10)14/h5-7,12,15H,3-4,8H2,1-2H3. The van der Waals surface area contributed by atoms with E-state index in [4.69, 9.17) is 4.74 Å². The Balaban J connectivity index is 2.82. The molecule has 16 heavy (non-hydrogen) atoms. The summed E-state index contributed by atoms with van der Waals surface area (Å²) in [5.41, 5.74) is 0.651. The lowest BCUT2D eigenvalue weighted by Gasteiger charge is -2.18. The van der Waals surface area contributed by atoms with Gasteiger partial charge in [0.25, 0.3) is 0 Å². The lowest BCUT2D eigenvalue weighted by Crippen LogP contribution is -2.26. The largest absolute Gasteiger partial charge is 0.380 e. The van der Waals surface area contributed by atoms with Crippen LogP contribution in [0, 0.1) is 5.82 Å². The fourth-order valence-electron chi connectivity index (χ4n) is 1.52. The molecule has 0 spiro atoms. The van der Waals surface area contributed by atoms with Gasteiger partial charge in [-0.05, 0) is 25.6 Å². The average Bonchev–Trinajstić information content (AvgIpc) is 2.25. The van der Waals surface area contributed by atoms with E-state index < -0.39 is 0 Å². The highest BCUT2D eigenvalue weighted by Gasteiger charge is 2.14. The Labute approximate surface area is 104 Å². The predicted octanol–water partition coefficient (Wildman–Crippen LogP) is 3.28. The van der Waals surface area contributed by atoms with Crippen LogP contribution in [0.4, 0.5) is 4.39 Å². The predicted molar refractivity (Wildman–Crippen MR) is 67.0 cm³/mol. The van der Waals surface area contributed by atoms with E-state index in [1.54, 1.807) is 6.07 Å². The molecule has 1 atom stereocenters. The third-order valence-electron chi connectivity index (χ3n) is 2.28. The number of likely N-dealkylation sites (N-methyl/N-ethyl adjacent to an activating group) is 1. The Morgan fingerprint density at radius 1 is 1.44 bits per heavy atom. The Morgan fingerprint density at radius 3 is 2.75 bits per heavy atom. The lowest BCUT2D eigenvalue weighted by molar-refractivity contribution is 0.122. The molecular weight excluding hydrogens is 273 g/mol. The first kappa shape index (κ1) is 13.6. The summed E-state index contributed by atoms with van der Waals surface area (Å²) in [6.07, 6.45) is 0. The number of nitrogens with one attached hydrogen (secondary N) is 1. The van der Waals surface area contributed by atoms with Gasteiger partial charge in [0, 0.05) is 16.6 Å². The fourth-order valence-corrected chi connectivity index (χ4v) is 1.86. The first-order valence-electron chi connectivity index (χ1n) is 5.45. The molecule has 1 aromatic carbocycles. The van der Waals surface area contributed by atoms with Crippen molar-refractivity contribution < 1.29 is 9.13 Å². The molecule has 0 saturated carbocycles. The van der Waals surface area contributed by atoms with Crippen LogP contribution >= 0.6 is 15.9 Å². The second kappa shape index (κ2) is 6.99. The zero-order valence-corrected chi connectivity index (χ0v) is 11.2. The number of hydrogen-bond acceptors (Lipinski definition) is 2. The summed E-state index contributed by atoms with van der Waals surface area (Å²) in [6, 6.07) is 5.02. The highest BCUT2D eigenvalue weighted by atomic mass is 79.9. The fraction of sp³-hybridized carbons (Fsp3) is 0.500. The highest BCUT2D eigenvalue weighted by Crippen LogP contribution is 2.21. The molecule has 0 aliphatic rings. The minimum Gasteiger partial charge on any atom is -0.380 e. The van der Waals surface area contributed by atoms with Gasteiger partial charge in [0.05, 0.1) is 12.6 Å². The maximum atomic E-state index is 13.7. The van der Waals surface area contributed by atoms with Crippen molar-refractivity contribution in [2.75, 3.05) is 19.8 Å². The van der Waals surface area contributed by atoms with E-state index in [1.807, 2.05) is 19.9 Å². The molecule has 0 radical (unpaired) electrons. The number of halogens is 2. The smallest absolute Gasteiger partial charge is 0.129 e. The SMILES string of the molecule is CCNC(COCC)c1ccc(Br)cc1F. The maximum Gasteiger partial charge on any atom is 0.129 e. The van der Waals surface area contributed by atoms with Gasteiger partial charge < -0.3 is 10.1 Å². The van der Waals surface area contributed by atoms with E-state index in [0.717, 1.165) is 11.0 Å². The van der Waals surface area contributed by atoms with Crippen molar-refractivity contribution in [2.24, 2.45) is 0 Å². The van der Waals surface area contributed by atoms with E-state index in [-0.39, 0.29) is 11.9 Å². The molecule has 1 rings (SSSR count). The Bertz CT molecular complexity index is 333. The van der Waals surface area contributed by atoms with Crippen molar-refractivity contribution in [3.8, 4) is 0 Å². The molecule has 90 valence electrons. The quantitative estimate of drug-likeness (QED) is 0.868. The molecule has 0 aliphatic heterocycles. The van der Waals surface area contributed by atoms with Crippen LogP contribution in [0.15, 0.2) is 22.7 Å². The normalized spacial score (nSPS) is 12.8. The summed E-state index contributed by atoms with van der Waals surface area (Å²) in [4.78, 5) is 0. The van der Waals surface area contributed by atoms with Crippen LogP contribution in [-0.4, -0.2) is 19.8 Å². The number of benzene rings is 1. The van der Waals surface area contributed by atoms with E-state index >= 15 is 0 Å². The van der Waals surface area contributed by atoms with Crippen molar-refractivity contribution in [3.63, 3.8) is 0 Å². The van der Waals surface area contributed by atoms with Gasteiger partial charge >= 0.3 is 0 Å². The average molecular weight is 290 g/mol. The molecule has 0 aromatic heterocycles. The van der Waals surface area contributed by atoms with Gasteiger partial charge in [-0.1, -0.05) is 28.9 Å². The second-order valence-corrected chi connectivity index (χ2v) is 4.35. The van der Waals surface area contributed by atoms with Gasteiger partial charge in [-0.15, -0.1) is 0 Å². The van der Waals surface area contributed by atoms with Crippen LogP contribution < -0.4 is 5.32 Å². The summed E-state index contributed by atoms with van der Waals surface area (Å²) in [5.74, 6) is -0.208. The third kappa shape index (κ3) is 3.85. The first-order valence-corrected chi connectivity index (χ1v) is 6.24. The Kier molecular flexibility index (Phi) is 5.95. The minimum absolute atomic E-state index is 0.0851. The molecule has 0 aliphatic carbocycles. The van der Waals surface area contributed by atoms with Crippen LogP contribution in [0.3, 0.4) is 0 Å². The van der Waals surface area contributed by atoms with Crippen LogP contribution in [0.5, 0.6) is 0 Å². The summed E-state index contributed by atoms with van der Waals surface area (Å²) in [5, 5.41) is 3.21. The van der Waals surface area contributed by atoms with E-state index in [9.17, 15) is 4.39 Å². The van der Waals surface area contributed by atoms with Gasteiger partial charge in [0.2, 0.25) is 0 Å². The Morgan fingerprint density at radius 2 is 2.19 bits per heavy atom. The van der Waals surface area contributed by atoms with Crippen molar-refractivity contribution >= 4 is 15.9 Å². The molecule has 0 fully saturated rings. The molecule has 2 nitrogen and oxygen atoms in total. The summed E-state index contributed by atoms with van der Waals surface area (Å²) < 4.78 is 19.8. The van der Waals surface area contributed by atoms with Crippen LogP contribution in [-0.2, 0) is 4.74 Å². The summed E-state index contributed by atoms with van der Waals surface area (Å²) in [6.45, 7) is 5.84. The molecule has 4 heteroatoms. The summed E-state index contributed by atoms with van der Waals surface area (Å²) >= 11 is 3.25. The van der Waals surface area contributed by atoms with Crippen molar-refractivity contribution in [2.45, 2.75) is 19.9 Å². The van der Waals surface area contributed by atoms with Gasteiger partial charge in [0.15, 0.2) is 0 Å². The minimum atomic E-state index is -0.208. The Hall–Kier alpha value is -0.450. The number of hydrogen-bond donors (Lipinski definition) is 1. The molecule has 0 saturated heterocycles. The molecule has 1 unspecified atom stereocenters. The number of ether oxygens (including phenoxy) is 1. The van der Waals surface area contributed by atoms with E-state index in [1.165, 1.54) is 6.07 Å². The molecule has 1 N–H and O–H groups in total. The second-order valence-electron chi connectivity index (χ2n) is 3.44. The number of rotatable bonds is 6. The van der Waals surface area contributed by atoms with Gasteiger partial charge in [-0.25, -0.2) is 4.39 Å². The molecular formula is C12H17BrFNO. The van der Waals surface area contributed by atoms with Crippen molar-refractivity contribution in [1.82, 2.24) is 5.32 Å². The zero-order valence-electron chi connectivity index (χ0n) is 9.59. The molecule has 0 amide bonds. The molecule has 1 aromatic rings. The molecule has 0 bridgehead atoms. The van der Waals surface area contributed by atoms with Gasteiger partial charge in [-0.3, -0.25) is 0 Å². The van der Waals surface area contributed by atoms with Crippen LogP contribution in [0.25, 0.3) is 0 Å². The monoisotopic (exact) mass is 289 g/mol. The molecule has 0 heterocycles. The zero-order chi connectivity index (χ0) is 12.0. The van der Waals surface area contributed by atoms with Crippen LogP contribution in [0.1, 0.15) is 25.5 Å². The summed E-state index contributed by atoms with van der Waals surface area (Å²) in [7, 11) is 0. The first-order chi connectivity index (χ1) is 7.69. The van der Waals surface area contributed by atoms with E-state index in [2.05, 4.69) is 21.2 Å². The topological polar surface area (TPSA) is 21.3 Å². The van der Waals surface area contributed by atoms with Crippen LogP contribution in [0.2, 0.25) is 0 Å². The lowest BCUT2D eigenvalue weighted by atomic mass is 10.1. The third-order valence-corrected chi connectivity index (χ3v) is 2.77.